The highest BCUT2D eigenvalue weighted by atomic mass is 16.4. The molecule has 0 saturated carbocycles. The molecule has 0 spiro atoms. The maximum atomic E-state index is 12.5. The van der Waals surface area contributed by atoms with Gasteiger partial charge < -0.3 is 15.7 Å². The van der Waals surface area contributed by atoms with Crippen LogP contribution < -0.4 is 10.6 Å². The van der Waals surface area contributed by atoms with Gasteiger partial charge in [-0.3, -0.25) is 9.78 Å². The van der Waals surface area contributed by atoms with Crippen molar-refractivity contribution in [1.29, 1.82) is 0 Å². The van der Waals surface area contributed by atoms with Crippen molar-refractivity contribution in [3.05, 3.63) is 53.3 Å². The minimum Gasteiger partial charge on any atom is -0.478 e. The number of carboxylic acids is 1. The van der Waals surface area contributed by atoms with E-state index in [2.05, 4.69) is 4.98 Å². The molecule has 3 N–H and O–H groups in total. The van der Waals surface area contributed by atoms with Gasteiger partial charge in [-0.25, -0.2) is 4.79 Å². The Labute approximate surface area is 121 Å². The summed E-state index contributed by atoms with van der Waals surface area (Å²) in [5.41, 5.74) is 7.20. The molecular formula is C15H15N3O3. The van der Waals surface area contributed by atoms with E-state index in [4.69, 9.17) is 5.73 Å². The minimum absolute atomic E-state index is 0.0209. The normalized spacial score (nSPS) is 10.2. The number of aryl methyl sites for hydroxylation is 1. The number of nitrogens with zero attached hydrogens (tertiary/aromatic N) is 2. The Kier molecular flexibility index (Phi) is 3.89. The van der Waals surface area contributed by atoms with Crippen LogP contribution >= 0.6 is 0 Å². The van der Waals surface area contributed by atoms with Gasteiger partial charge in [0.05, 0.1) is 16.8 Å². The van der Waals surface area contributed by atoms with Crippen molar-refractivity contribution in [2.45, 2.75) is 6.92 Å². The van der Waals surface area contributed by atoms with E-state index in [0.717, 1.165) is 0 Å². The highest BCUT2D eigenvalue weighted by Crippen LogP contribution is 2.24. The number of hydrogen-bond acceptors (Lipinski definition) is 4. The van der Waals surface area contributed by atoms with Gasteiger partial charge in [0.25, 0.3) is 5.91 Å². The van der Waals surface area contributed by atoms with Crippen LogP contribution in [0.15, 0.2) is 36.5 Å². The quantitative estimate of drug-likeness (QED) is 0.840. The molecule has 108 valence electrons. The van der Waals surface area contributed by atoms with Crippen LogP contribution in [0.3, 0.4) is 0 Å². The number of nitrogen functional groups attached to an aromatic ring is 1. The molecule has 0 saturated heterocycles. The van der Waals surface area contributed by atoms with Crippen molar-refractivity contribution >= 4 is 23.3 Å². The van der Waals surface area contributed by atoms with E-state index < -0.39 is 5.97 Å². The Morgan fingerprint density at radius 1 is 1.24 bits per heavy atom. The molecule has 1 amide bonds. The second-order valence-electron chi connectivity index (χ2n) is 4.58. The SMILES string of the molecule is Cc1ncccc1C(=O)N(C)c1ccc(N)cc1C(=O)O. The van der Waals surface area contributed by atoms with Crippen molar-refractivity contribution in [3.63, 3.8) is 0 Å². The van der Waals surface area contributed by atoms with Gasteiger partial charge in [-0.15, -0.1) is 0 Å². The Balaban J connectivity index is 2.45. The Morgan fingerprint density at radius 3 is 2.57 bits per heavy atom. The number of aromatic carboxylic acids is 1. The number of carbonyl (C=O) groups excluding carboxylic acids is 1. The third-order valence-corrected chi connectivity index (χ3v) is 3.15. The van der Waals surface area contributed by atoms with E-state index in [1.165, 1.54) is 24.1 Å². The molecule has 0 fully saturated rings. The highest BCUT2D eigenvalue weighted by molar-refractivity contribution is 6.09. The van der Waals surface area contributed by atoms with Gasteiger partial charge in [0.2, 0.25) is 0 Å². The maximum Gasteiger partial charge on any atom is 0.337 e. The number of amides is 1. The third kappa shape index (κ3) is 2.84. The van der Waals surface area contributed by atoms with E-state index in [0.29, 0.717) is 16.9 Å². The second-order valence-corrected chi connectivity index (χ2v) is 4.58. The van der Waals surface area contributed by atoms with Crippen molar-refractivity contribution < 1.29 is 14.7 Å². The number of rotatable bonds is 3. The number of nitrogens with two attached hydrogens (primary N) is 1. The zero-order valence-corrected chi connectivity index (χ0v) is 11.7. The minimum atomic E-state index is -1.14. The molecule has 1 aromatic carbocycles. The molecule has 0 radical (unpaired) electrons. The van der Waals surface area contributed by atoms with E-state index in [9.17, 15) is 14.7 Å². The summed E-state index contributed by atoms with van der Waals surface area (Å²) in [5, 5.41) is 9.24. The van der Waals surface area contributed by atoms with Crippen molar-refractivity contribution in [1.82, 2.24) is 4.98 Å². The van der Waals surface area contributed by atoms with Crippen LogP contribution in [0, 0.1) is 6.92 Å². The van der Waals surface area contributed by atoms with Crippen LogP contribution in [0.2, 0.25) is 0 Å². The first-order valence-corrected chi connectivity index (χ1v) is 6.24. The average molecular weight is 285 g/mol. The third-order valence-electron chi connectivity index (χ3n) is 3.15. The van der Waals surface area contributed by atoms with E-state index in [1.54, 1.807) is 31.3 Å². The molecule has 0 aliphatic rings. The van der Waals surface area contributed by atoms with Gasteiger partial charge in [-0.2, -0.15) is 0 Å². The first-order chi connectivity index (χ1) is 9.91. The summed E-state index contributed by atoms with van der Waals surface area (Å²) in [4.78, 5) is 29.1. The molecule has 1 heterocycles. The molecule has 0 bridgehead atoms. The monoisotopic (exact) mass is 285 g/mol. The topological polar surface area (TPSA) is 96.5 Å². The standard InChI is InChI=1S/C15H15N3O3/c1-9-11(4-3-7-17-9)14(19)18(2)13-6-5-10(16)8-12(13)15(20)21/h3-8H,16H2,1-2H3,(H,20,21). The molecular weight excluding hydrogens is 270 g/mol. The molecule has 2 aromatic rings. The van der Waals surface area contributed by atoms with E-state index in [-0.39, 0.29) is 17.2 Å². The average Bonchev–Trinajstić information content (AvgIpc) is 2.46. The number of carbonyl (C=O) groups is 2. The van der Waals surface area contributed by atoms with Crippen LogP contribution in [0.5, 0.6) is 0 Å². The first-order valence-electron chi connectivity index (χ1n) is 6.24. The van der Waals surface area contributed by atoms with Gasteiger partial charge in [-0.05, 0) is 37.3 Å². The Hall–Kier alpha value is -2.89. The predicted molar refractivity (Wildman–Crippen MR) is 79.5 cm³/mol. The van der Waals surface area contributed by atoms with Gasteiger partial charge in [0.15, 0.2) is 0 Å². The Morgan fingerprint density at radius 2 is 1.95 bits per heavy atom. The number of anilines is 2. The molecule has 0 atom stereocenters. The lowest BCUT2D eigenvalue weighted by Crippen LogP contribution is -2.28. The molecule has 0 aliphatic heterocycles. The van der Waals surface area contributed by atoms with Crippen LogP contribution in [-0.2, 0) is 0 Å². The number of carboxylic acid groups (broad SMARTS) is 1. The molecule has 0 unspecified atom stereocenters. The number of hydrogen-bond donors (Lipinski definition) is 2. The number of aromatic nitrogens is 1. The lowest BCUT2D eigenvalue weighted by atomic mass is 10.1. The first kappa shape index (κ1) is 14.5. The van der Waals surface area contributed by atoms with Crippen LogP contribution in [0.25, 0.3) is 0 Å². The second kappa shape index (κ2) is 5.62. The number of pyridine rings is 1. The van der Waals surface area contributed by atoms with E-state index in [1.807, 2.05) is 0 Å². The smallest absolute Gasteiger partial charge is 0.337 e. The number of benzene rings is 1. The van der Waals surface area contributed by atoms with Gasteiger partial charge in [-0.1, -0.05) is 0 Å². The zero-order valence-electron chi connectivity index (χ0n) is 11.7. The van der Waals surface area contributed by atoms with Crippen LogP contribution in [0.4, 0.5) is 11.4 Å². The molecule has 6 nitrogen and oxygen atoms in total. The fourth-order valence-corrected chi connectivity index (χ4v) is 2.02. The largest absolute Gasteiger partial charge is 0.478 e. The van der Waals surface area contributed by atoms with E-state index >= 15 is 0 Å². The molecule has 2 rings (SSSR count). The summed E-state index contributed by atoms with van der Waals surface area (Å²) in [6, 6.07) is 7.72. The summed E-state index contributed by atoms with van der Waals surface area (Å²) < 4.78 is 0. The summed E-state index contributed by atoms with van der Waals surface area (Å²) in [7, 11) is 1.52. The molecule has 0 aliphatic carbocycles. The summed E-state index contributed by atoms with van der Waals surface area (Å²) in [6.07, 6.45) is 1.60. The van der Waals surface area contributed by atoms with Gasteiger partial charge >= 0.3 is 5.97 Å². The predicted octanol–water partition coefficient (Wildman–Crippen LogP) is 1.95. The fraction of sp³-hybridized carbons (Fsp3) is 0.133. The van der Waals surface area contributed by atoms with Crippen LogP contribution in [-0.4, -0.2) is 29.0 Å². The summed E-state index contributed by atoms with van der Waals surface area (Å²) in [6.45, 7) is 1.72. The lowest BCUT2D eigenvalue weighted by molar-refractivity contribution is 0.0698. The molecule has 1 aromatic heterocycles. The lowest BCUT2D eigenvalue weighted by Gasteiger charge is -2.20. The van der Waals surface area contributed by atoms with Gasteiger partial charge in [0, 0.05) is 24.6 Å². The Bertz CT molecular complexity index is 713. The summed E-state index contributed by atoms with van der Waals surface area (Å²) in [5.74, 6) is -1.47. The zero-order chi connectivity index (χ0) is 15.6. The van der Waals surface area contributed by atoms with Gasteiger partial charge in [0.1, 0.15) is 0 Å². The van der Waals surface area contributed by atoms with Crippen molar-refractivity contribution in [2.75, 3.05) is 17.7 Å². The fourth-order valence-electron chi connectivity index (χ4n) is 2.02. The van der Waals surface area contributed by atoms with Crippen molar-refractivity contribution in [2.24, 2.45) is 0 Å². The summed E-state index contributed by atoms with van der Waals surface area (Å²) >= 11 is 0. The molecule has 6 heteroatoms. The highest BCUT2D eigenvalue weighted by Gasteiger charge is 2.21. The van der Waals surface area contributed by atoms with Crippen molar-refractivity contribution in [3.8, 4) is 0 Å². The maximum absolute atomic E-state index is 12.5. The van der Waals surface area contributed by atoms with Crippen LogP contribution in [0.1, 0.15) is 26.4 Å². The molecule has 21 heavy (non-hydrogen) atoms.